The van der Waals surface area contributed by atoms with Crippen LogP contribution < -0.4 is 10.1 Å². The molecule has 0 spiro atoms. The summed E-state index contributed by atoms with van der Waals surface area (Å²) in [5, 5.41) is 3.03. The Hall–Kier alpha value is -2.04. The van der Waals surface area contributed by atoms with Gasteiger partial charge in [0, 0.05) is 12.2 Å². The summed E-state index contributed by atoms with van der Waals surface area (Å²) in [6, 6.07) is 3.91. The summed E-state index contributed by atoms with van der Waals surface area (Å²) in [7, 11) is 0. The maximum atomic E-state index is 12.6. The minimum Gasteiger partial charge on any atom is -0.490 e. The van der Waals surface area contributed by atoms with Crippen molar-refractivity contribution in [3.8, 4) is 5.75 Å². The number of carbonyl (C=O) groups is 1. The zero-order chi connectivity index (χ0) is 16.1. The SMILES string of the molecule is CCCc1nc2c(OCC)cccn2c1C(=O)NC(C)CC. The molecule has 1 N–H and O–H groups in total. The van der Waals surface area contributed by atoms with E-state index in [0.29, 0.717) is 23.7 Å². The van der Waals surface area contributed by atoms with Crippen LogP contribution >= 0.6 is 0 Å². The standard InChI is InChI=1S/C17H25N3O2/c1-5-9-13-15(17(21)18-12(4)6-2)20-11-8-10-14(22-7-3)16(20)19-13/h8,10-12H,5-7,9H2,1-4H3,(H,18,21). The molecule has 0 saturated carbocycles. The van der Waals surface area contributed by atoms with Crippen molar-refractivity contribution in [1.29, 1.82) is 0 Å². The van der Waals surface area contributed by atoms with E-state index < -0.39 is 0 Å². The van der Waals surface area contributed by atoms with Crippen LogP contribution in [0.25, 0.3) is 5.65 Å². The lowest BCUT2D eigenvalue weighted by Gasteiger charge is -2.12. The van der Waals surface area contributed by atoms with Gasteiger partial charge in [-0.1, -0.05) is 20.3 Å². The molecular formula is C17H25N3O2. The molecule has 0 bridgehead atoms. The van der Waals surface area contributed by atoms with Gasteiger partial charge in [-0.25, -0.2) is 4.98 Å². The number of nitrogens with one attached hydrogen (secondary N) is 1. The third-order valence-corrected chi connectivity index (χ3v) is 3.68. The largest absolute Gasteiger partial charge is 0.490 e. The van der Waals surface area contributed by atoms with Gasteiger partial charge in [-0.05, 0) is 38.8 Å². The molecule has 0 aromatic carbocycles. The second-order valence-corrected chi connectivity index (χ2v) is 5.44. The van der Waals surface area contributed by atoms with Gasteiger partial charge < -0.3 is 10.1 Å². The Morgan fingerprint density at radius 1 is 1.41 bits per heavy atom. The lowest BCUT2D eigenvalue weighted by Crippen LogP contribution is -2.33. The molecule has 5 nitrogen and oxygen atoms in total. The minimum atomic E-state index is -0.0704. The lowest BCUT2D eigenvalue weighted by atomic mass is 10.2. The van der Waals surface area contributed by atoms with Crippen LogP contribution in [0.5, 0.6) is 5.75 Å². The maximum absolute atomic E-state index is 12.6. The number of aromatic nitrogens is 2. The molecule has 5 heteroatoms. The molecule has 1 amide bonds. The molecule has 1 unspecified atom stereocenters. The van der Waals surface area contributed by atoms with Crippen molar-refractivity contribution in [2.75, 3.05) is 6.61 Å². The van der Waals surface area contributed by atoms with Crippen LogP contribution in [0.3, 0.4) is 0 Å². The quantitative estimate of drug-likeness (QED) is 0.854. The molecule has 0 aliphatic heterocycles. The predicted octanol–water partition coefficient (Wildman–Crippen LogP) is 3.21. The van der Waals surface area contributed by atoms with Gasteiger partial charge in [0.15, 0.2) is 11.4 Å². The first-order chi connectivity index (χ1) is 10.6. The fourth-order valence-electron chi connectivity index (χ4n) is 2.40. The molecule has 2 rings (SSSR count). The van der Waals surface area contributed by atoms with Gasteiger partial charge in [-0.15, -0.1) is 0 Å². The first-order valence-corrected chi connectivity index (χ1v) is 8.05. The van der Waals surface area contributed by atoms with Crippen LogP contribution in [-0.2, 0) is 6.42 Å². The van der Waals surface area contributed by atoms with E-state index in [0.717, 1.165) is 25.0 Å². The van der Waals surface area contributed by atoms with Crippen LogP contribution in [-0.4, -0.2) is 27.9 Å². The van der Waals surface area contributed by atoms with Gasteiger partial charge in [0.05, 0.1) is 12.3 Å². The summed E-state index contributed by atoms with van der Waals surface area (Å²) in [4.78, 5) is 17.3. The third kappa shape index (κ3) is 3.24. The number of ether oxygens (including phenoxy) is 1. The molecule has 0 aliphatic carbocycles. The molecule has 2 aromatic heterocycles. The molecule has 120 valence electrons. The Labute approximate surface area is 131 Å². The Morgan fingerprint density at radius 2 is 2.18 bits per heavy atom. The number of fused-ring (bicyclic) bond motifs is 1. The topological polar surface area (TPSA) is 55.6 Å². The summed E-state index contributed by atoms with van der Waals surface area (Å²) < 4.78 is 7.47. The summed E-state index contributed by atoms with van der Waals surface area (Å²) in [5.74, 6) is 0.642. The van der Waals surface area contributed by atoms with Crippen molar-refractivity contribution < 1.29 is 9.53 Å². The fraction of sp³-hybridized carbons (Fsp3) is 0.529. The number of rotatable bonds is 7. The molecule has 22 heavy (non-hydrogen) atoms. The van der Waals surface area contributed by atoms with Crippen LogP contribution in [0.2, 0.25) is 0 Å². The van der Waals surface area contributed by atoms with Crippen molar-refractivity contribution in [3.05, 3.63) is 29.7 Å². The molecule has 2 aromatic rings. The van der Waals surface area contributed by atoms with Crippen molar-refractivity contribution in [3.63, 3.8) is 0 Å². The zero-order valence-corrected chi connectivity index (χ0v) is 13.8. The van der Waals surface area contributed by atoms with Crippen molar-refractivity contribution >= 4 is 11.6 Å². The van der Waals surface area contributed by atoms with Gasteiger partial charge in [-0.3, -0.25) is 9.20 Å². The first kappa shape index (κ1) is 16.3. The minimum absolute atomic E-state index is 0.0704. The number of amides is 1. The highest BCUT2D eigenvalue weighted by atomic mass is 16.5. The average molecular weight is 303 g/mol. The van der Waals surface area contributed by atoms with Crippen LogP contribution in [0.1, 0.15) is 56.7 Å². The molecule has 0 saturated heterocycles. The first-order valence-electron chi connectivity index (χ1n) is 8.05. The molecular weight excluding hydrogens is 278 g/mol. The highest BCUT2D eigenvalue weighted by Gasteiger charge is 2.21. The number of pyridine rings is 1. The summed E-state index contributed by atoms with van der Waals surface area (Å²) in [6.07, 6.45) is 4.49. The molecule has 0 aliphatic rings. The second kappa shape index (κ2) is 7.29. The van der Waals surface area contributed by atoms with E-state index in [1.165, 1.54) is 0 Å². The number of carbonyl (C=O) groups excluding carboxylic acids is 1. The Balaban J connectivity index is 2.52. The number of hydrogen-bond donors (Lipinski definition) is 1. The van der Waals surface area contributed by atoms with Gasteiger partial charge in [0.2, 0.25) is 0 Å². The number of imidazole rings is 1. The van der Waals surface area contributed by atoms with Crippen molar-refractivity contribution in [1.82, 2.24) is 14.7 Å². The highest BCUT2D eigenvalue weighted by molar-refractivity contribution is 5.95. The lowest BCUT2D eigenvalue weighted by molar-refractivity contribution is 0.0932. The Bertz CT molecular complexity index is 649. The fourth-order valence-corrected chi connectivity index (χ4v) is 2.40. The van der Waals surface area contributed by atoms with E-state index >= 15 is 0 Å². The van der Waals surface area contributed by atoms with E-state index in [9.17, 15) is 4.79 Å². The van der Waals surface area contributed by atoms with E-state index in [4.69, 9.17) is 4.74 Å². The number of aryl methyl sites for hydroxylation is 1. The average Bonchev–Trinajstić information content (AvgIpc) is 2.87. The number of nitrogens with zero attached hydrogens (tertiary/aromatic N) is 2. The van der Waals surface area contributed by atoms with Gasteiger partial charge >= 0.3 is 0 Å². The van der Waals surface area contributed by atoms with Crippen molar-refractivity contribution in [2.24, 2.45) is 0 Å². The maximum Gasteiger partial charge on any atom is 0.270 e. The molecule has 0 fully saturated rings. The molecule has 1 atom stereocenters. The van der Waals surface area contributed by atoms with E-state index in [-0.39, 0.29) is 11.9 Å². The van der Waals surface area contributed by atoms with Gasteiger partial charge in [0.1, 0.15) is 5.69 Å². The van der Waals surface area contributed by atoms with E-state index in [1.54, 1.807) is 0 Å². The van der Waals surface area contributed by atoms with E-state index in [1.807, 2.05) is 36.6 Å². The summed E-state index contributed by atoms with van der Waals surface area (Å²) in [6.45, 7) is 8.66. The van der Waals surface area contributed by atoms with Gasteiger partial charge in [-0.2, -0.15) is 0 Å². The zero-order valence-electron chi connectivity index (χ0n) is 13.8. The summed E-state index contributed by atoms with van der Waals surface area (Å²) >= 11 is 0. The third-order valence-electron chi connectivity index (χ3n) is 3.68. The van der Waals surface area contributed by atoms with Crippen LogP contribution in [0, 0.1) is 0 Å². The normalized spacial score (nSPS) is 12.4. The molecule has 2 heterocycles. The number of hydrogen-bond acceptors (Lipinski definition) is 3. The van der Waals surface area contributed by atoms with Crippen LogP contribution in [0.4, 0.5) is 0 Å². The second-order valence-electron chi connectivity index (χ2n) is 5.44. The Morgan fingerprint density at radius 3 is 2.82 bits per heavy atom. The van der Waals surface area contributed by atoms with Crippen LogP contribution in [0.15, 0.2) is 18.3 Å². The smallest absolute Gasteiger partial charge is 0.270 e. The monoisotopic (exact) mass is 303 g/mol. The highest BCUT2D eigenvalue weighted by Crippen LogP contribution is 2.23. The Kier molecular flexibility index (Phi) is 5.41. The predicted molar refractivity (Wildman–Crippen MR) is 87.6 cm³/mol. The molecule has 0 radical (unpaired) electrons. The van der Waals surface area contributed by atoms with Gasteiger partial charge in [0.25, 0.3) is 5.91 Å². The summed E-state index contributed by atoms with van der Waals surface area (Å²) in [5.41, 5.74) is 2.16. The van der Waals surface area contributed by atoms with E-state index in [2.05, 4.69) is 24.1 Å². The van der Waals surface area contributed by atoms with Crippen molar-refractivity contribution in [2.45, 2.75) is 53.0 Å².